The molecule has 0 saturated carbocycles. The second-order valence-electron chi connectivity index (χ2n) is 6.88. The lowest BCUT2D eigenvalue weighted by Crippen LogP contribution is -2.14. The van der Waals surface area contributed by atoms with Crippen molar-refractivity contribution in [2.45, 2.75) is 46.6 Å². The number of benzene rings is 1. The number of aromatic amines is 1. The van der Waals surface area contributed by atoms with Crippen LogP contribution in [0.1, 0.15) is 43.2 Å². The highest BCUT2D eigenvalue weighted by Crippen LogP contribution is 2.29. The van der Waals surface area contributed by atoms with Gasteiger partial charge < -0.3 is 9.72 Å². The molecule has 0 aliphatic carbocycles. The fourth-order valence-electron chi connectivity index (χ4n) is 2.64. The van der Waals surface area contributed by atoms with Crippen molar-refractivity contribution in [2.75, 3.05) is 7.11 Å². The summed E-state index contributed by atoms with van der Waals surface area (Å²) >= 11 is 0. The van der Waals surface area contributed by atoms with E-state index >= 15 is 0 Å². The number of H-pyrrole nitrogens is 1. The second-order valence-corrected chi connectivity index (χ2v) is 6.88. The molecule has 0 bridgehead atoms. The molecule has 0 unspecified atom stereocenters. The van der Waals surface area contributed by atoms with E-state index in [2.05, 4.69) is 50.9 Å². The minimum atomic E-state index is 0. The first-order chi connectivity index (χ1) is 10.2. The molecule has 126 valence electrons. The Hall–Kier alpha value is -1.58. The van der Waals surface area contributed by atoms with Crippen LogP contribution >= 0.6 is 12.4 Å². The first-order valence-corrected chi connectivity index (χ1v) is 7.57. The summed E-state index contributed by atoms with van der Waals surface area (Å²) in [4.78, 5) is 15.6. The molecule has 0 radical (unpaired) electrons. The van der Waals surface area contributed by atoms with E-state index in [-0.39, 0.29) is 23.3 Å². The molecule has 1 aromatic heterocycles. The zero-order valence-electron chi connectivity index (χ0n) is 14.7. The first-order valence-electron chi connectivity index (χ1n) is 7.57. The first kappa shape index (κ1) is 19.5. The maximum Gasteiger partial charge on any atom is 0.187 e. The van der Waals surface area contributed by atoms with Gasteiger partial charge in [-0.15, -0.1) is 12.4 Å². The van der Waals surface area contributed by atoms with Gasteiger partial charge >= 0.3 is 0 Å². The van der Waals surface area contributed by atoms with E-state index in [1.807, 2.05) is 6.92 Å². The largest absolute Gasteiger partial charge is 0.380 e. The Labute approximate surface area is 144 Å². The summed E-state index contributed by atoms with van der Waals surface area (Å²) in [5.41, 5.74) is 6.04. The highest BCUT2D eigenvalue weighted by atomic mass is 35.5. The van der Waals surface area contributed by atoms with E-state index in [1.165, 1.54) is 5.56 Å². The van der Waals surface area contributed by atoms with Gasteiger partial charge in [0.1, 0.15) is 0 Å². The number of nitrogens with one attached hydrogen (secondary N) is 1. The lowest BCUT2D eigenvalue weighted by molar-refractivity contribution is 0.184. The molecule has 0 amide bonds. The number of hydrogen-bond acceptors (Lipinski definition) is 2. The predicted octanol–water partition coefficient (Wildman–Crippen LogP) is 4.52. The molecule has 3 nitrogen and oxygen atoms in total. The van der Waals surface area contributed by atoms with Crippen LogP contribution in [0.3, 0.4) is 0 Å². The van der Waals surface area contributed by atoms with Crippen molar-refractivity contribution in [1.82, 2.24) is 4.98 Å². The Kier molecular flexibility index (Phi) is 6.20. The van der Waals surface area contributed by atoms with Crippen LogP contribution in [0.5, 0.6) is 0 Å². The van der Waals surface area contributed by atoms with E-state index in [0.29, 0.717) is 12.2 Å². The second kappa shape index (κ2) is 7.33. The maximum absolute atomic E-state index is 12.3. The molecular weight excluding hydrogens is 310 g/mol. The average molecular weight is 336 g/mol. The number of pyridine rings is 1. The van der Waals surface area contributed by atoms with Crippen LogP contribution in [0, 0.1) is 13.8 Å². The van der Waals surface area contributed by atoms with Crippen LogP contribution < -0.4 is 5.43 Å². The van der Waals surface area contributed by atoms with Crippen LogP contribution in [0.15, 0.2) is 29.1 Å². The zero-order chi connectivity index (χ0) is 16.5. The van der Waals surface area contributed by atoms with Crippen molar-refractivity contribution in [1.29, 1.82) is 0 Å². The van der Waals surface area contributed by atoms with Crippen LogP contribution in [0.2, 0.25) is 0 Å². The predicted molar refractivity (Wildman–Crippen MR) is 98.6 cm³/mol. The minimum absolute atomic E-state index is 0. The summed E-state index contributed by atoms with van der Waals surface area (Å²) in [6, 6.07) is 8.06. The minimum Gasteiger partial charge on any atom is -0.380 e. The van der Waals surface area contributed by atoms with Gasteiger partial charge in [0.2, 0.25) is 0 Å². The SMILES string of the molecule is COCc1c(-c2ccc(C(C)(C)C)cc2C)[nH]c(C)cc1=O.Cl. The molecule has 2 rings (SSSR count). The lowest BCUT2D eigenvalue weighted by atomic mass is 9.85. The average Bonchev–Trinajstić information content (AvgIpc) is 2.40. The molecule has 0 fully saturated rings. The van der Waals surface area contributed by atoms with Crippen molar-refractivity contribution in [3.05, 3.63) is 56.9 Å². The standard InChI is InChI=1S/C19H25NO2.ClH/c1-12-9-14(19(3,4)5)7-8-15(12)18-16(11-22-6)17(21)10-13(2)20-18;/h7-10H,11H2,1-6H3,(H,20,21);1H. The molecule has 2 aromatic rings. The van der Waals surface area contributed by atoms with Crippen LogP contribution in [0.4, 0.5) is 0 Å². The highest BCUT2D eigenvalue weighted by Gasteiger charge is 2.17. The molecule has 0 saturated heterocycles. The number of rotatable bonds is 3. The fourth-order valence-corrected chi connectivity index (χ4v) is 2.64. The topological polar surface area (TPSA) is 42.1 Å². The molecule has 23 heavy (non-hydrogen) atoms. The number of aromatic nitrogens is 1. The lowest BCUT2D eigenvalue weighted by Gasteiger charge is -2.21. The van der Waals surface area contributed by atoms with Crippen molar-refractivity contribution in [2.24, 2.45) is 0 Å². The number of methoxy groups -OCH3 is 1. The molecule has 1 N–H and O–H groups in total. The summed E-state index contributed by atoms with van der Waals surface area (Å²) in [7, 11) is 1.61. The van der Waals surface area contributed by atoms with Gasteiger partial charge in [-0.25, -0.2) is 0 Å². The van der Waals surface area contributed by atoms with Crippen molar-refractivity contribution < 1.29 is 4.74 Å². The summed E-state index contributed by atoms with van der Waals surface area (Å²) in [5, 5.41) is 0. The van der Waals surface area contributed by atoms with Gasteiger partial charge in [0, 0.05) is 30.0 Å². The molecule has 0 spiro atoms. The van der Waals surface area contributed by atoms with Gasteiger partial charge in [-0.05, 0) is 30.4 Å². The Morgan fingerprint density at radius 3 is 2.30 bits per heavy atom. The van der Waals surface area contributed by atoms with Gasteiger partial charge in [0.15, 0.2) is 5.43 Å². The summed E-state index contributed by atoms with van der Waals surface area (Å²) in [6.45, 7) is 10.9. The molecular formula is C19H26ClNO2. The third-order valence-corrected chi connectivity index (χ3v) is 3.92. The van der Waals surface area contributed by atoms with Crippen molar-refractivity contribution in [3.63, 3.8) is 0 Å². The van der Waals surface area contributed by atoms with Gasteiger partial charge in [0.05, 0.1) is 12.3 Å². The molecule has 0 atom stereocenters. The Morgan fingerprint density at radius 1 is 1.13 bits per heavy atom. The number of hydrogen-bond donors (Lipinski definition) is 1. The van der Waals surface area contributed by atoms with E-state index in [0.717, 1.165) is 22.5 Å². The van der Waals surface area contributed by atoms with Crippen LogP contribution in [-0.2, 0) is 16.8 Å². The van der Waals surface area contributed by atoms with E-state index < -0.39 is 0 Å². The Bertz CT molecular complexity index is 742. The molecule has 0 aliphatic heterocycles. The summed E-state index contributed by atoms with van der Waals surface area (Å²) in [6.07, 6.45) is 0. The number of aryl methyl sites for hydroxylation is 2. The monoisotopic (exact) mass is 335 g/mol. The maximum atomic E-state index is 12.3. The van der Waals surface area contributed by atoms with Crippen LogP contribution in [-0.4, -0.2) is 12.1 Å². The van der Waals surface area contributed by atoms with Crippen molar-refractivity contribution >= 4 is 12.4 Å². The Morgan fingerprint density at radius 2 is 1.78 bits per heavy atom. The van der Waals surface area contributed by atoms with E-state index in [1.54, 1.807) is 13.2 Å². The van der Waals surface area contributed by atoms with Gasteiger partial charge in [-0.3, -0.25) is 4.79 Å². The molecule has 1 aromatic carbocycles. The zero-order valence-corrected chi connectivity index (χ0v) is 15.6. The fraction of sp³-hybridized carbons (Fsp3) is 0.421. The molecule has 1 heterocycles. The highest BCUT2D eigenvalue weighted by molar-refractivity contribution is 5.85. The molecule has 0 aliphatic rings. The van der Waals surface area contributed by atoms with E-state index in [9.17, 15) is 4.79 Å². The summed E-state index contributed by atoms with van der Waals surface area (Å²) < 4.78 is 5.21. The number of halogens is 1. The summed E-state index contributed by atoms with van der Waals surface area (Å²) in [5.74, 6) is 0. The smallest absolute Gasteiger partial charge is 0.187 e. The quantitative estimate of drug-likeness (QED) is 0.895. The molecule has 4 heteroatoms. The van der Waals surface area contributed by atoms with Gasteiger partial charge in [-0.1, -0.05) is 39.0 Å². The van der Waals surface area contributed by atoms with Crippen LogP contribution in [0.25, 0.3) is 11.3 Å². The Balaban J connectivity index is 0.00000264. The van der Waals surface area contributed by atoms with Gasteiger partial charge in [0.25, 0.3) is 0 Å². The van der Waals surface area contributed by atoms with Gasteiger partial charge in [-0.2, -0.15) is 0 Å². The van der Waals surface area contributed by atoms with E-state index in [4.69, 9.17) is 4.74 Å². The van der Waals surface area contributed by atoms with Crippen molar-refractivity contribution in [3.8, 4) is 11.3 Å². The normalized spacial score (nSPS) is 11.2. The number of ether oxygens (including phenoxy) is 1. The third-order valence-electron chi connectivity index (χ3n) is 3.92. The third kappa shape index (κ3) is 4.24.